The Morgan fingerprint density at radius 2 is 1.78 bits per heavy atom. The number of hydrogen-bond acceptors (Lipinski definition) is 7. The Kier molecular flexibility index (Phi) is 9.07. The summed E-state index contributed by atoms with van der Waals surface area (Å²) in [7, 11) is 1.56. The largest absolute Gasteiger partial charge is 0.496 e. The van der Waals surface area contributed by atoms with Gasteiger partial charge in [-0.25, -0.2) is 4.68 Å². The van der Waals surface area contributed by atoms with Gasteiger partial charge < -0.3 is 19.9 Å². The third kappa shape index (κ3) is 6.27. The van der Waals surface area contributed by atoms with Gasteiger partial charge in [0.25, 0.3) is 5.91 Å². The van der Waals surface area contributed by atoms with Crippen molar-refractivity contribution in [3.05, 3.63) is 99.8 Å². The van der Waals surface area contributed by atoms with Gasteiger partial charge in [-0.05, 0) is 84.1 Å². The standard InChI is InChI=1S/C33H35Cl2N7O3/c1-45-30-10-8-26(42-22-37-38-39-42)20-27(30)31(44)41-18-12-32(21-41,25-7-9-28(34)29(35)19-25)11-15-40-16-13-33(14-17-40,36-23-43)24-5-3-2-4-6-24/h2-10,19-20,22-23H,11-18,21H2,1H3,(H,36,43). The molecule has 2 aliphatic rings. The molecule has 0 aliphatic carbocycles. The number of aromatic nitrogens is 4. The van der Waals surface area contributed by atoms with Crippen LogP contribution in [0.5, 0.6) is 5.75 Å². The molecule has 2 saturated heterocycles. The van der Waals surface area contributed by atoms with Crippen LogP contribution in [-0.2, 0) is 15.7 Å². The van der Waals surface area contributed by atoms with Crippen LogP contribution in [0.3, 0.4) is 0 Å². The van der Waals surface area contributed by atoms with Crippen molar-refractivity contribution in [1.82, 2.24) is 35.3 Å². The van der Waals surface area contributed by atoms with Crippen LogP contribution in [0.25, 0.3) is 5.69 Å². The van der Waals surface area contributed by atoms with Crippen molar-refractivity contribution in [2.24, 2.45) is 0 Å². The highest BCUT2D eigenvalue weighted by Crippen LogP contribution is 2.42. The molecule has 6 rings (SSSR count). The van der Waals surface area contributed by atoms with Crippen LogP contribution < -0.4 is 10.1 Å². The third-order valence-corrected chi connectivity index (χ3v) is 10.2. The first-order valence-corrected chi connectivity index (χ1v) is 15.8. The van der Waals surface area contributed by atoms with Crippen molar-refractivity contribution in [3.8, 4) is 11.4 Å². The van der Waals surface area contributed by atoms with E-state index >= 15 is 0 Å². The van der Waals surface area contributed by atoms with Gasteiger partial charge in [-0.2, -0.15) is 0 Å². The van der Waals surface area contributed by atoms with E-state index in [0.29, 0.717) is 40.1 Å². The molecule has 10 nitrogen and oxygen atoms in total. The SMILES string of the molecule is COc1ccc(-n2cnnn2)cc1C(=O)N1CCC(CCN2CCC(NC=O)(c3ccccc3)CC2)(c2ccc(Cl)c(Cl)c2)C1. The second-order valence-electron chi connectivity index (χ2n) is 11.8. The van der Waals surface area contributed by atoms with E-state index in [1.807, 2.05) is 47.4 Å². The molecule has 1 N–H and O–H groups in total. The number of likely N-dealkylation sites (tertiary alicyclic amines) is 2. The van der Waals surface area contributed by atoms with Crippen molar-refractivity contribution in [2.45, 2.75) is 36.6 Å². The van der Waals surface area contributed by atoms with Crippen LogP contribution >= 0.6 is 23.2 Å². The smallest absolute Gasteiger partial charge is 0.257 e. The van der Waals surface area contributed by atoms with Gasteiger partial charge in [0.1, 0.15) is 12.1 Å². The van der Waals surface area contributed by atoms with Crippen LogP contribution in [0.4, 0.5) is 0 Å². The van der Waals surface area contributed by atoms with Gasteiger partial charge in [0.05, 0.1) is 33.9 Å². The lowest BCUT2D eigenvalue weighted by atomic mass is 9.76. The second-order valence-corrected chi connectivity index (χ2v) is 12.6. The highest BCUT2D eigenvalue weighted by Gasteiger charge is 2.43. The monoisotopic (exact) mass is 647 g/mol. The number of carbonyl (C=O) groups is 2. The Hall–Kier alpha value is -3.99. The van der Waals surface area contributed by atoms with Gasteiger partial charge in [-0.1, -0.05) is 59.6 Å². The van der Waals surface area contributed by atoms with E-state index in [0.717, 1.165) is 62.9 Å². The summed E-state index contributed by atoms with van der Waals surface area (Å²) in [6.45, 7) is 3.63. The van der Waals surface area contributed by atoms with E-state index < -0.39 is 0 Å². The molecule has 1 aromatic heterocycles. The number of tetrazole rings is 1. The Labute approximate surface area is 272 Å². The Balaban J connectivity index is 1.22. The first kappa shape index (κ1) is 31.0. The van der Waals surface area contributed by atoms with E-state index in [2.05, 4.69) is 37.9 Å². The van der Waals surface area contributed by atoms with E-state index in [1.165, 1.54) is 11.0 Å². The average Bonchev–Trinajstić information content (AvgIpc) is 3.78. The number of nitrogens with one attached hydrogen (secondary N) is 1. The first-order chi connectivity index (χ1) is 21.9. The minimum absolute atomic E-state index is 0.116. The summed E-state index contributed by atoms with van der Waals surface area (Å²) in [5, 5.41) is 15.5. The molecule has 234 valence electrons. The lowest BCUT2D eigenvalue weighted by Gasteiger charge is -2.43. The molecule has 0 radical (unpaired) electrons. The highest BCUT2D eigenvalue weighted by atomic mass is 35.5. The van der Waals surface area contributed by atoms with Crippen LogP contribution in [-0.4, -0.2) is 82.2 Å². The summed E-state index contributed by atoms with van der Waals surface area (Å²) < 4.78 is 7.09. The van der Waals surface area contributed by atoms with Gasteiger partial charge in [0, 0.05) is 31.6 Å². The maximum absolute atomic E-state index is 14.1. The van der Waals surface area contributed by atoms with Crippen molar-refractivity contribution >= 4 is 35.5 Å². The molecule has 2 amide bonds. The molecule has 1 unspecified atom stereocenters. The quantitative estimate of drug-likeness (QED) is 0.244. The van der Waals surface area contributed by atoms with Crippen molar-refractivity contribution in [1.29, 1.82) is 0 Å². The average molecular weight is 649 g/mol. The first-order valence-electron chi connectivity index (χ1n) is 15.0. The molecule has 45 heavy (non-hydrogen) atoms. The number of halogens is 2. The summed E-state index contributed by atoms with van der Waals surface area (Å²) in [6, 6.07) is 21.3. The van der Waals surface area contributed by atoms with Crippen molar-refractivity contribution in [3.63, 3.8) is 0 Å². The zero-order valence-corrected chi connectivity index (χ0v) is 26.5. The molecule has 0 spiro atoms. The lowest BCUT2D eigenvalue weighted by molar-refractivity contribution is -0.112. The number of amides is 2. The number of ether oxygens (including phenoxy) is 1. The fraction of sp³-hybridized carbons (Fsp3) is 0.364. The number of hydrogen-bond donors (Lipinski definition) is 1. The van der Waals surface area contributed by atoms with E-state index in [9.17, 15) is 9.59 Å². The summed E-state index contributed by atoms with van der Waals surface area (Å²) in [5.74, 6) is 0.372. The number of carbonyl (C=O) groups excluding carboxylic acids is 2. The molecule has 4 aromatic rings. The van der Waals surface area contributed by atoms with Gasteiger partial charge in [-0.3, -0.25) is 9.59 Å². The van der Waals surface area contributed by atoms with E-state index in [-0.39, 0.29) is 16.9 Å². The molecular weight excluding hydrogens is 613 g/mol. The normalized spacial score (nSPS) is 19.8. The van der Waals surface area contributed by atoms with Crippen LogP contribution in [0.15, 0.2) is 73.1 Å². The fourth-order valence-corrected chi connectivity index (χ4v) is 7.13. The molecule has 0 saturated carbocycles. The van der Waals surface area contributed by atoms with Crippen LogP contribution in [0, 0.1) is 0 Å². The van der Waals surface area contributed by atoms with Gasteiger partial charge in [0.15, 0.2) is 0 Å². The minimum Gasteiger partial charge on any atom is -0.496 e. The number of piperidine rings is 1. The predicted octanol–water partition coefficient (Wildman–Crippen LogP) is 4.89. The Bertz CT molecular complexity index is 1650. The van der Waals surface area contributed by atoms with Crippen molar-refractivity contribution < 1.29 is 14.3 Å². The molecule has 2 aliphatic heterocycles. The summed E-state index contributed by atoms with van der Waals surface area (Å²) in [6.07, 6.45) is 5.55. The number of methoxy groups -OCH3 is 1. The van der Waals surface area contributed by atoms with Gasteiger partial charge in [-0.15, -0.1) is 5.10 Å². The number of nitrogens with zero attached hydrogens (tertiary/aromatic N) is 6. The predicted molar refractivity (Wildman–Crippen MR) is 172 cm³/mol. The molecular formula is C33H35Cl2N7O3. The minimum atomic E-state index is -0.368. The topological polar surface area (TPSA) is 105 Å². The van der Waals surface area contributed by atoms with Gasteiger partial charge >= 0.3 is 0 Å². The van der Waals surface area contributed by atoms with E-state index in [4.69, 9.17) is 27.9 Å². The van der Waals surface area contributed by atoms with Crippen molar-refractivity contribution in [2.75, 3.05) is 39.8 Å². The molecule has 0 bridgehead atoms. The van der Waals surface area contributed by atoms with E-state index in [1.54, 1.807) is 19.2 Å². The fourth-order valence-electron chi connectivity index (χ4n) is 6.83. The molecule has 1 atom stereocenters. The molecule has 2 fully saturated rings. The maximum Gasteiger partial charge on any atom is 0.257 e. The number of rotatable bonds is 10. The molecule has 3 heterocycles. The Morgan fingerprint density at radius 1 is 0.978 bits per heavy atom. The molecule has 12 heteroatoms. The number of benzene rings is 3. The zero-order valence-electron chi connectivity index (χ0n) is 25.0. The van der Waals surface area contributed by atoms with Gasteiger partial charge in [0.2, 0.25) is 6.41 Å². The second kappa shape index (κ2) is 13.2. The highest BCUT2D eigenvalue weighted by molar-refractivity contribution is 6.42. The zero-order chi connectivity index (χ0) is 31.4. The lowest BCUT2D eigenvalue weighted by Crippen LogP contribution is -2.51. The summed E-state index contributed by atoms with van der Waals surface area (Å²) >= 11 is 12.8. The summed E-state index contributed by atoms with van der Waals surface area (Å²) in [5.41, 5.74) is 2.63. The molecule has 3 aromatic carbocycles. The van der Waals surface area contributed by atoms with Crippen LogP contribution in [0.2, 0.25) is 10.0 Å². The Morgan fingerprint density at radius 3 is 2.47 bits per heavy atom. The maximum atomic E-state index is 14.1. The van der Waals surface area contributed by atoms with Crippen LogP contribution in [0.1, 0.15) is 47.2 Å². The summed E-state index contributed by atoms with van der Waals surface area (Å²) in [4.78, 5) is 30.0. The third-order valence-electron chi connectivity index (χ3n) is 9.48.